The zero-order chi connectivity index (χ0) is 18.4. The van der Waals surface area contributed by atoms with Crippen molar-refractivity contribution in [3.8, 4) is 11.5 Å². The summed E-state index contributed by atoms with van der Waals surface area (Å²) >= 11 is 0. The van der Waals surface area contributed by atoms with Crippen LogP contribution in [0.2, 0.25) is 0 Å². The lowest BCUT2D eigenvalue weighted by molar-refractivity contribution is -0.117. The van der Waals surface area contributed by atoms with Crippen molar-refractivity contribution in [2.45, 2.75) is 12.3 Å². The van der Waals surface area contributed by atoms with Crippen molar-refractivity contribution < 1.29 is 14.3 Å². The number of amides is 1. The summed E-state index contributed by atoms with van der Waals surface area (Å²) < 4.78 is 10.6. The molecule has 3 aromatic rings. The molecule has 2 aromatic carbocycles. The normalized spacial score (nSPS) is 11.6. The summed E-state index contributed by atoms with van der Waals surface area (Å²) in [4.78, 5) is 12.8. The number of hydrogen-bond donors (Lipinski definition) is 2. The van der Waals surface area contributed by atoms with Crippen LogP contribution in [-0.4, -0.2) is 40.8 Å². The molecule has 0 saturated carbocycles. The Bertz CT molecular complexity index is 853. The molecule has 3 rings (SSSR count). The number of ether oxygens (including phenoxy) is 2. The number of rotatable bonds is 7. The summed E-state index contributed by atoms with van der Waals surface area (Å²) in [6.07, 6.45) is 0.387. The van der Waals surface area contributed by atoms with E-state index >= 15 is 0 Å². The van der Waals surface area contributed by atoms with Gasteiger partial charge in [0.25, 0.3) is 0 Å². The van der Waals surface area contributed by atoms with Gasteiger partial charge >= 0.3 is 0 Å². The Morgan fingerprint density at radius 2 is 1.88 bits per heavy atom. The average Bonchev–Trinajstić information content (AvgIpc) is 3.21. The van der Waals surface area contributed by atoms with E-state index < -0.39 is 5.92 Å². The van der Waals surface area contributed by atoms with Crippen molar-refractivity contribution >= 4 is 11.6 Å². The minimum atomic E-state index is -0.605. The zero-order valence-corrected chi connectivity index (χ0v) is 14.5. The maximum atomic E-state index is 12.8. The number of methoxy groups -OCH3 is 2. The number of nitrogens with one attached hydrogen (secondary N) is 2. The third kappa shape index (κ3) is 3.97. The van der Waals surface area contributed by atoms with Crippen LogP contribution in [-0.2, 0) is 11.2 Å². The molecule has 1 unspecified atom stereocenters. The van der Waals surface area contributed by atoms with Gasteiger partial charge in [0.15, 0.2) is 17.3 Å². The molecule has 8 nitrogen and oxygen atoms in total. The lowest BCUT2D eigenvalue weighted by atomic mass is 9.97. The molecule has 0 aliphatic heterocycles. The largest absolute Gasteiger partial charge is 0.493 e. The fourth-order valence-corrected chi connectivity index (χ4v) is 2.61. The van der Waals surface area contributed by atoms with Gasteiger partial charge in [0.05, 0.1) is 14.2 Å². The Morgan fingerprint density at radius 1 is 1.12 bits per heavy atom. The molecule has 0 saturated heterocycles. The third-order valence-corrected chi connectivity index (χ3v) is 3.92. The highest BCUT2D eigenvalue weighted by Gasteiger charge is 2.26. The summed E-state index contributed by atoms with van der Waals surface area (Å²) in [7, 11) is 3.15. The minimum absolute atomic E-state index is 0.215. The average molecular weight is 353 g/mol. The van der Waals surface area contributed by atoms with E-state index in [9.17, 15) is 4.79 Å². The van der Waals surface area contributed by atoms with Gasteiger partial charge in [0.1, 0.15) is 5.92 Å². The van der Waals surface area contributed by atoms with Crippen molar-refractivity contribution in [1.29, 1.82) is 0 Å². The Hall–Kier alpha value is -3.42. The van der Waals surface area contributed by atoms with E-state index in [0.29, 0.717) is 29.4 Å². The van der Waals surface area contributed by atoms with Crippen LogP contribution in [0, 0.1) is 0 Å². The molecular weight excluding hydrogens is 334 g/mol. The van der Waals surface area contributed by atoms with E-state index in [2.05, 4.69) is 25.9 Å². The molecule has 0 bridgehead atoms. The van der Waals surface area contributed by atoms with E-state index in [4.69, 9.17) is 9.47 Å². The first-order chi connectivity index (χ1) is 12.7. The third-order valence-electron chi connectivity index (χ3n) is 3.92. The number of para-hydroxylation sites is 1. The fourth-order valence-electron chi connectivity index (χ4n) is 2.61. The number of tetrazole rings is 1. The first-order valence-corrected chi connectivity index (χ1v) is 8.01. The van der Waals surface area contributed by atoms with Crippen molar-refractivity contribution in [3.63, 3.8) is 0 Å². The van der Waals surface area contributed by atoms with E-state index in [1.165, 1.54) is 0 Å². The molecule has 26 heavy (non-hydrogen) atoms. The standard InChI is InChI=1S/C18H19N5O3/c1-25-15-9-8-12(11-16(15)26-2)10-14(17-20-22-23-21-17)18(24)19-13-6-4-3-5-7-13/h3-9,11,14H,10H2,1-2H3,(H,19,24)(H,20,21,22,23). The Morgan fingerprint density at radius 3 is 2.54 bits per heavy atom. The summed E-state index contributed by atoms with van der Waals surface area (Å²) in [5.41, 5.74) is 1.60. The van der Waals surface area contributed by atoms with Gasteiger partial charge in [0.2, 0.25) is 5.91 Å². The molecule has 1 amide bonds. The Balaban J connectivity index is 1.84. The van der Waals surface area contributed by atoms with Crippen molar-refractivity contribution in [2.24, 2.45) is 0 Å². The van der Waals surface area contributed by atoms with Crippen molar-refractivity contribution in [2.75, 3.05) is 19.5 Å². The predicted molar refractivity (Wildman–Crippen MR) is 95.2 cm³/mol. The number of aromatic amines is 1. The monoisotopic (exact) mass is 353 g/mol. The highest BCUT2D eigenvalue weighted by molar-refractivity contribution is 5.95. The number of carbonyl (C=O) groups excluding carboxylic acids is 1. The number of anilines is 1. The van der Waals surface area contributed by atoms with Crippen LogP contribution >= 0.6 is 0 Å². The molecular formula is C18H19N5O3. The van der Waals surface area contributed by atoms with Crippen molar-refractivity contribution in [3.05, 3.63) is 59.9 Å². The quantitative estimate of drug-likeness (QED) is 0.675. The van der Waals surface area contributed by atoms with Crippen LogP contribution < -0.4 is 14.8 Å². The molecule has 1 atom stereocenters. The van der Waals surface area contributed by atoms with Gasteiger partial charge in [-0.25, -0.2) is 0 Å². The Labute approximate surface area is 150 Å². The van der Waals surface area contributed by atoms with Gasteiger partial charge in [-0.1, -0.05) is 29.5 Å². The SMILES string of the molecule is COc1ccc(CC(C(=O)Nc2ccccc2)c2nn[nH]n2)cc1OC. The topological polar surface area (TPSA) is 102 Å². The van der Waals surface area contributed by atoms with E-state index in [1.54, 1.807) is 20.3 Å². The van der Waals surface area contributed by atoms with Crippen LogP contribution in [0.5, 0.6) is 11.5 Å². The van der Waals surface area contributed by atoms with E-state index in [0.717, 1.165) is 5.56 Å². The number of carbonyl (C=O) groups is 1. The molecule has 8 heteroatoms. The summed E-state index contributed by atoms with van der Waals surface area (Å²) in [5, 5.41) is 16.8. The van der Waals surface area contributed by atoms with Gasteiger partial charge in [0, 0.05) is 5.69 Å². The van der Waals surface area contributed by atoms with Gasteiger partial charge in [-0.3, -0.25) is 4.79 Å². The molecule has 0 aliphatic rings. The number of benzene rings is 2. The second-order valence-electron chi connectivity index (χ2n) is 5.57. The first-order valence-electron chi connectivity index (χ1n) is 8.01. The minimum Gasteiger partial charge on any atom is -0.493 e. The number of hydrogen-bond acceptors (Lipinski definition) is 6. The van der Waals surface area contributed by atoms with Crippen LogP contribution in [0.3, 0.4) is 0 Å². The fraction of sp³-hybridized carbons (Fsp3) is 0.222. The highest BCUT2D eigenvalue weighted by Crippen LogP contribution is 2.30. The lowest BCUT2D eigenvalue weighted by Gasteiger charge is -2.15. The molecule has 0 aliphatic carbocycles. The van der Waals surface area contributed by atoms with Crippen molar-refractivity contribution in [1.82, 2.24) is 20.6 Å². The molecule has 134 valence electrons. The molecule has 1 heterocycles. The van der Waals surface area contributed by atoms with Crippen LogP contribution in [0.4, 0.5) is 5.69 Å². The van der Waals surface area contributed by atoms with Gasteiger partial charge in [-0.05, 0) is 36.2 Å². The second kappa shape index (κ2) is 8.11. The maximum Gasteiger partial charge on any atom is 0.235 e. The highest BCUT2D eigenvalue weighted by atomic mass is 16.5. The molecule has 0 radical (unpaired) electrons. The number of H-pyrrole nitrogens is 1. The summed E-state index contributed by atoms with van der Waals surface area (Å²) in [5.74, 6) is 0.731. The van der Waals surface area contributed by atoms with Crippen LogP contribution in [0.1, 0.15) is 17.3 Å². The smallest absolute Gasteiger partial charge is 0.235 e. The summed E-state index contributed by atoms with van der Waals surface area (Å²) in [6.45, 7) is 0. The molecule has 2 N–H and O–H groups in total. The summed E-state index contributed by atoms with van der Waals surface area (Å²) in [6, 6.07) is 14.8. The van der Waals surface area contributed by atoms with E-state index in [-0.39, 0.29) is 5.91 Å². The molecule has 0 fully saturated rings. The number of nitrogens with zero attached hydrogens (tertiary/aromatic N) is 3. The van der Waals surface area contributed by atoms with Gasteiger partial charge in [-0.2, -0.15) is 5.21 Å². The molecule has 1 aromatic heterocycles. The first kappa shape index (κ1) is 17.4. The van der Waals surface area contributed by atoms with Gasteiger partial charge in [-0.15, -0.1) is 10.2 Å². The van der Waals surface area contributed by atoms with E-state index in [1.807, 2.05) is 42.5 Å². The van der Waals surface area contributed by atoms with Crippen LogP contribution in [0.15, 0.2) is 48.5 Å². The van der Waals surface area contributed by atoms with Gasteiger partial charge < -0.3 is 14.8 Å². The zero-order valence-electron chi connectivity index (χ0n) is 14.5. The Kier molecular flexibility index (Phi) is 5.43. The lowest BCUT2D eigenvalue weighted by Crippen LogP contribution is -2.24. The number of aromatic nitrogens is 4. The predicted octanol–water partition coefficient (Wildman–Crippen LogP) is 2.18. The maximum absolute atomic E-state index is 12.8. The molecule has 0 spiro atoms. The van der Waals surface area contributed by atoms with Crippen LogP contribution in [0.25, 0.3) is 0 Å². The second-order valence-corrected chi connectivity index (χ2v) is 5.57.